The molecule has 0 bridgehead atoms. The summed E-state index contributed by atoms with van der Waals surface area (Å²) in [5.74, 6) is -0.220. The van der Waals surface area contributed by atoms with Gasteiger partial charge < -0.3 is 9.64 Å². The molecule has 1 atom stereocenters. The van der Waals surface area contributed by atoms with Gasteiger partial charge >= 0.3 is 0 Å². The van der Waals surface area contributed by atoms with Crippen LogP contribution in [-0.4, -0.2) is 51.6 Å². The van der Waals surface area contributed by atoms with E-state index < -0.39 is 16.1 Å². The Labute approximate surface area is 150 Å². The van der Waals surface area contributed by atoms with Crippen molar-refractivity contribution in [3.63, 3.8) is 0 Å². The number of carbonyl (C=O) groups is 1. The second kappa shape index (κ2) is 7.43. The van der Waals surface area contributed by atoms with Gasteiger partial charge in [0, 0.05) is 13.1 Å². The van der Waals surface area contributed by atoms with Crippen molar-refractivity contribution in [1.82, 2.24) is 9.62 Å². The average molecular weight is 368 g/mol. The molecule has 1 unspecified atom stereocenters. The van der Waals surface area contributed by atoms with Gasteiger partial charge in [-0.15, -0.1) is 0 Å². The number of sulfonamides is 1. The number of benzene rings is 1. The maximum absolute atomic E-state index is 13.0. The zero-order chi connectivity index (χ0) is 18.9. The van der Waals surface area contributed by atoms with Crippen LogP contribution in [0, 0.1) is 34.6 Å². The summed E-state index contributed by atoms with van der Waals surface area (Å²) in [5.41, 5.74) is 4.51. The number of hydrogen-bond acceptors (Lipinski definition) is 4. The van der Waals surface area contributed by atoms with E-state index in [0.29, 0.717) is 26.3 Å². The van der Waals surface area contributed by atoms with Crippen LogP contribution in [0.2, 0.25) is 0 Å². The van der Waals surface area contributed by atoms with Crippen LogP contribution in [-0.2, 0) is 19.6 Å². The van der Waals surface area contributed by atoms with Gasteiger partial charge in [0.25, 0.3) is 0 Å². The molecule has 0 aromatic heterocycles. The van der Waals surface area contributed by atoms with Gasteiger partial charge in [0.2, 0.25) is 15.9 Å². The highest BCUT2D eigenvalue weighted by atomic mass is 32.2. The number of ether oxygens (including phenoxy) is 1. The maximum Gasteiger partial charge on any atom is 0.241 e. The number of nitrogens with one attached hydrogen (secondary N) is 1. The fourth-order valence-electron chi connectivity index (χ4n) is 3.27. The summed E-state index contributed by atoms with van der Waals surface area (Å²) in [7, 11) is -3.80. The molecule has 1 aliphatic rings. The van der Waals surface area contributed by atoms with Crippen molar-refractivity contribution < 1.29 is 17.9 Å². The molecule has 7 heteroatoms. The van der Waals surface area contributed by atoms with E-state index in [0.717, 1.165) is 27.8 Å². The van der Waals surface area contributed by atoms with Crippen molar-refractivity contribution >= 4 is 15.9 Å². The van der Waals surface area contributed by atoms with Crippen LogP contribution in [0.4, 0.5) is 0 Å². The first-order chi connectivity index (χ1) is 11.6. The van der Waals surface area contributed by atoms with Gasteiger partial charge in [-0.2, -0.15) is 4.72 Å². The van der Waals surface area contributed by atoms with E-state index in [-0.39, 0.29) is 10.8 Å². The van der Waals surface area contributed by atoms with E-state index >= 15 is 0 Å². The van der Waals surface area contributed by atoms with E-state index in [1.807, 2.05) is 34.6 Å². The van der Waals surface area contributed by atoms with Gasteiger partial charge in [-0.3, -0.25) is 4.79 Å². The Balaban J connectivity index is 2.32. The van der Waals surface area contributed by atoms with Gasteiger partial charge in [-0.25, -0.2) is 8.42 Å². The average Bonchev–Trinajstić information content (AvgIpc) is 2.57. The summed E-state index contributed by atoms with van der Waals surface area (Å²) in [6.07, 6.45) is 0. The summed E-state index contributed by atoms with van der Waals surface area (Å²) in [6.45, 7) is 13.0. The molecule has 1 fully saturated rings. The fraction of sp³-hybridized carbons (Fsp3) is 0.611. The highest BCUT2D eigenvalue weighted by molar-refractivity contribution is 7.89. The highest BCUT2D eigenvalue weighted by Gasteiger charge is 2.29. The minimum absolute atomic E-state index is 0.220. The number of amides is 1. The fourth-order valence-corrected chi connectivity index (χ4v) is 5.06. The summed E-state index contributed by atoms with van der Waals surface area (Å²) in [5, 5.41) is 0. The largest absolute Gasteiger partial charge is 0.378 e. The number of nitrogens with zero attached hydrogens (tertiary/aromatic N) is 1. The van der Waals surface area contributed by atoms with Crippen LogP contribution in [0.3, 0.4) is 0 Å². The van der Waals surface area contributed by atoms with Crippen molar-refractivity contribution in [2.75, 3.05) is 26.3 Å². The lowest BCUT2D eigenvalue weighted by Gasteiger charge is -2.29. The minimum atomic E-state index is -3.80. The molecule has 1 amide bonds. The summed E-state index contributed by atoms with van der Waals surface area (Å²) in [6, 6.07) is -0.816. The number of rotatable bonds is 4. The Morgan fingerprint density at radius 3 is 1.88 bits per heavy atom. The Bertz CT molecular complexity index is 752. The predicted molar refractivity (Wildman–Crippen MR) is 97.3 cm³/mol. The molecule has 1 aromatic carbocycles. The maximum atomic E-state index is 13.0. The Kier molecular flexibility index (Phi) is 5.91. The summed E-state index contributed by atoms with van der Waals surface area (Å²) in [4.78, 5) is 14.4. The molecule has 1 aromatic rings. The molecule has 6 nitrogen and oxygen atoms in total. The first-order valence-corrected chi connectivity index (χ1v) is 10.0. The van der Waals surface area contributed by atoms with Gasteiger partial charge in [0.15, 0.2) is 0 Å². The van der Waals surface area contributed by atoms with E-state index in [1.54, 1.807) is 11.8 Å². The normalized spacial score (nSPS) is 16.8. The van der Waals surface area contributed by atoms with E-state index in [4.69, 9.17) is 4.74 Å². The molecule has 25 heavy (non-hydrogen) atoms. The van der Waals surface area contributed by atoms with Gasteiger partial charge in [-0.05, 0) is 69.4 Å². The smallest absolute Gasteiger partial charge is 0.241 e. The summed E-state index contributed by atoms with van der Waals surface area (Å²) >= 11 is 0. The standard InChI is InChI=1S/C18H28N2O4S/c1-11-12(2)14(4)17(15(5)13(11)3)25(22,23)19-16(6)18(21)20-7-9-24-10-8-20/h16,19H,7-10H2,1-6H3. The van der Waals surface area contributed by atoms with Crippen molar-refractivity contribution in [1.29, 1.82) is 0 Å². The van der Waals surface area contributed by atoms with Crippen molar-refractivity contribution in [3.05, 3.63) is 27.8 Å². The minimum Gasteiger partial charge on any atom is -0.378 e. The number of carbonyl (C=O) groups excluding carboxylic acids is 1. The lowest BCUT2D eigenvalue weighted by molar-refractivity contribution is -0.136. The Hall–Kier alpha value is -1.44. The molecule has 0 saturated carbocycles. The van der Waals surface area contributed by atoms with Gasteiger partial charge in [0.1, 0.15) is 0 Å². The Morgan fingerprint density at radius 1 is 0.960 bits per heavy atom. The quantitative estimate of drug-likeness (QED) is 0.879. The SMILES string of the molecule is Cc1c(C)c(C)c(S(=O)(=O)NC(C)C(=O)N2CCOCC2)c(C)c1C. The molecular weight excluding hydrogens is 340 g/mol. The molecule has 0 radical (unpaired) electrons. The van der Waals surface area contributed by atoms with Gasteiger partial charge in [0.05, 0.1) is 24.2 Å². The van der Waals surface area contributed by atoms with E-state index in [2.05, 4.69) is 4.72 Å². The summed E-state index contributed by atoms with van der Waals surface area (Å²) < 4.78 is 33.8. The zero-order valence-electron chi connectivity index (χ0n) is 15.9. The molecule has 1 heterocycles. The van der Waals surface area contributed by atoms with Crippen LogP contribution in [0.25, 0.3) is 0 Å². The zero-order valence-corrected chi connectivity index (χ0v) is 16.7. The lowest BCUT2D eigenvalue weighted by Crippen LogP contribution is -2.50. The first-order valence-electron chi connectivity index (χ1n) is 8.53. The third-order valence-corrected chi connectivity index (χ3v) is 7.04. The van der Waals surface area contributed by atoms with Crippen LogP contribution in [0.15, 0.2) is 4.90 Å². The van der Waals surface area contributed by atoms with Crippen LogP contribution in [0.5, 0.6) is 0 Å². The number of morpholine rings is 1. The van der Waals surface area contributed by atoms with Crippen molar-refractivity contribution in [2.45, 2.75) is 52.5 Å². The second-order valence-corrected chi connectivity index (χ2v) is 8.39. The molecule has 1 N–H and O–H groups in total. The predicted octanol–water partition coefficient (Wildman–Crippen LogP) is 1.75. The van der Waals surface area contributed by atoms with E-state index in [1.165, 1.54) is 0 Å². The molecule has 2 rings (SSSR count). The highest BCUT2D eigenvalue weighted by Crippen LogP contribution is 2.29. The third kappa shape index (κ3) is 3.88. The van der Waals surface area contributed by atoms with Crippen LogP contribution < -0.4 is 4.72 Å². The molecule has 0 aliphatic carbocycles. The van der Waals surface area contributed by atoms with Gasteiger partial charge in [-0.1, -0.05) is 0 Å². The number of hydrogen-bond donors (Lipinski definition) is 1. The third-order valence-electron chi connectivity index (χ3n) is 5.23. The molecule has 0 spiro atoms. The molecule has 1 saturated heterocycles. The van der Waals surface area contributed by atoms with Crippen LogP contribution >= 0.6 is 0 Å². The molecule has 140 valence electrons. The molecular formula is C18H28N2O4S. The van der Waals surface area contributed by atoms with Crippen LogP contribution in [0.1, 0.15) is 34.7 Å². The lowest BCUT2D eigenvalue weighted by atomic mass is 9.95. The van der Waals surface area contributed by atoms with Crippen molar-refractivity contribution in [3.8, 4) is 0 Å². The molecule has 1 aliphatic heterocycles. The Morgan fingerprint density at radius 2 is 1.40 bits per heavy atom. The topological polar surface area (TPSA) is 75.7 Å². The van der Waals surface area contributed by atoms with E-state index in [9.17, 15) is 13.2 Å². The first kappa shape index (κ1) is 19.9. The monoisotopic (exact) mass is 368 g/mol. The van der Waals surface area contributed by atoms with Crippen molar-refractivity contribution in [2.24, 2.45) is 0 Å². The second-order valence-electron chi connectivity index (χ2n) is 6.73.